The Morgan fingerprint density at radius 2 is 1.84 bits per heavy atom. The van der Waals surface area contributed by atoms with Crippen LogP contribution in [0.25, 0.3) is 0 Å². The van der Waals surface area contributed by atoms with E-state index in [0.29, 0.717) is 24.3 Å². The van der Waals surface area contributed by atoms with Gasteiger partial charge in [-0.05, 0) is 43.0 Å². The first kappa shape index (κ1) is 13.8. The second-order valence-electron chi connectivity index (χ2n) is 5.70. The number of hydrogen-bond donors (Lipinski definition) is 0. The summed E-state index contributed by atoms with van der Waals surface area (Å²) in [4.78, 5) is 26.3. The number of nitrogens with zero attached hydrogens (tertiary/aromatic N) is 1. The van der Waals surface area contributed by atoms with Gasteiger partial charge in [-0.2, -0.15) is 0 Å². The average molecular weight is 259 g/mol. The molecule has 2 rings (SSSR count). The summed E-state index contributed by atoms with van der Waals surface area (Å²) in [5.74, 6) is 0.142. The Hall–Kier alpha value is -1.64. The minimum Gasteiger partial charge on any atom is -0.378 e. The zero-order valence-corrected chi connectivity index (χ0v) is 11.8. The maximum Gasteiger partial charge on any atom is 0.173 e. The number of hydrogen-bond acceptors (Lipinski definition) is 3. The molecule has 1 saturated carbocycles. The molecule has 0 radical (unpaired) electrons. The molecule has 102 valence electrons. The Kier molecular flexibility index (Phi) is 4.03. The molecule has 2 atom stereocenters. The molecule has 1 aliphatic carbocycles. The molecular weight excluding hydrogens is 238 g/mol. The number of Topliss-reactive ketones (excluding diaryl/α,β-unsaturated/α-hetero) is 2. The molecule has 19 heavy (non-hydrogen) atoms. The Morgan fingerprint density at radius 3 is 2.42 bits per heavy atom. The van der Waals surface area contributed by atoms with Crippen LogP contribution in [-0.2, 0) is 4.79 Å². The lowest BCUT2D eigenvalue weighted by atomic mass is 9.78. The highest BCUT2D eigenvalue weighted by atomic mass is 16.1. The van der Waals surface area contributed by atoms with Crippen LogP contribution < -0.4 is 4.90 Å². The van der Waals surface area contributed by atoms with E-state index < -0.39 is 5.92 Å². The van der Waals surface area contributed by atoms with E-state index in [-0.39, 0.29) is 11.6 Å². The van der Waals surface area contributed by atoms with Crippen molar-refractivity contribution < 1.29 is 9.59 Å². The second-order valence-corrected chi connectivity index (χ2v) is 5.70. The summed E-state index contributed by atoms with van der Waals surface area (Å²) >= 11 is 0. The van der Waals surface area contributed by atoms with Gasteiger partial charge in [0.1, 0.15) is 5.78 Å². The summed E-state index contributed by atoms with van der Waals surface area (Å²) in [5.41, 5.74) is 1.71. The quantitative estimate of drug-likeness (QED) is 0.618. The lowest BCUT2D eigenvalue weighted by molar-refractivity contribution is -0.123. The van der Waals surface area contributed by atoms with Gasteiger partial charge in [0, 0.05) is 31.8 Å². The monoisotopic (exact) mass is 259 g/mol. The van der Waals surface area contributed by atoms with Crippen LogP contribution in [0.5, 0.6) is 0 Å². The maximum atomic E-state index is 12.4. The van der Waals surface area contributed by atoms with Gasteiger partial charge in [-0.25, -0.2) is 0 Å². The number of carbonyl (C=O) groups excluding carboxylic acids is 2. The zero-order chi connectivity index (χ0) is 14.0. The van der Waals surface area contributed by atoms with Crippen molar-refractivity contribution in [1.82, 2.24) is 0 Å². The maximum absolute atomic E-state index is 12.4. The van der Waals surface area contributed by atoms with Crippen LogP contribution in [0.2, 0.25) is 0 Å². The second kappa shape index (κ2) is 5.55. The smallest absolute Gasteiger partial charge is 0.173 e. The standard InChI is InChI=1S/C16H21NO2/c1-11-4-9-15(18)14(10-11)16(19)12-5-7-13(8-6-12)17(2)3/h5-8,11,14H,4,9-10H2,1-3H3. The first-order valence-electron chi connectivity index (χ1n) is 6.83. The summed E-state index contributed by atoms with van der Waals surface area (Å²) in [6.07, 6.45) is 2.17. The van der Waals surface area contributed by atoms with Gasteiger partial charge >= 0.3 is 0 Å². The predicted octanol–water partition coefficient (Wildman–Crippen LogP) is 2.94. The van der Waals surface area contributed by atoms with Crippen molar-refractivity contribution in [3.8, 4) is 0 Å². The highest BCUT2D eigenvalue weighted by Crippen LogP contribution is 2.29. The van der Waals surface area contributed by atoms with E-state index in [0.717, 1.165) is 12.1 Å². The van der Waals surface area contributed by atoms with Gasteiger partial charge in [0.25, 0.3) is 0 Å². The van der Waals surface area contributed by atoms with Crippen molar-refractivity contribution >= 4 is 17.3 Å². The third-order valence-corrected chi connectivity index (χ3v) is 3.89. The number of anilines is 1. The van der Waals surface area contributed by atoms with E-state index in [9.17, 15) is 9.59 Å². The molecule has 0 amide bonds. The van der Waals surface area contributed by atoms with Crippen LogP contribution in [0.15, 0.2) is 24.3 Å². The molecule has 3 nitrogen and oxygen atoms in total. The Balaban J connectivity index is 2.16. The first-order chi connectivity index (χ1) is 8.99. The third-order valence-electron chi connectivity index (χ3n) is 3.89. The van der Waals surface area contributed by atoms with E-state index in [1.807, 2.05) is 43.3 Å². The fraction of sp³-hybridized carbons (Fsp3) is 0.500. The van der Waals surface area contributed by atoms with E-state index in [4.69, 9.17) is 0 Å². The summed E-state index contributed by atoms with van der Waals surface area (Å²) in [6.45, 7) is 2.11. The topological polar surface area (TPSA) is 37.4 Å². The van der Waals surface area contributed by atoms with E-state index in [1.54, 1.807) is 0 Å². The van der Waals surface area contributed by atoms with Crippen LogP contribution in [0.1, 0.15) is 36.5 Å². The van der Waals surface area contributed by atoms with Gasteiger partial charge in [0.2, 0.25) is 0 Å². The predicted molar refractivity (Wildman–Crippen MR) is 76.6 cm³/mol. The Bertz CT molecular complexity index is 476. The van der Waals surface area contributed by atoms with E-state index in [1.165, 1.54) is 0 Å². The summed E-state index contributed by atoms with van der Waals surface area (Å²) in [5, 5.41) is 0. The van der Waals surface area contributed by atoms with Crippen LogP contribution in [0.4, 0.5) is 5.69 Å². The molecule has 0 bridgehead atoms. The van der Waals surface area contributed by atoms with Crippen LogP contribution in [-0.4, -0.2) is 25.7 Å². The molecular formula is C16H21NO2. The van der Waals surface area contributed by atoms with Crippen LogP contribution in [0, 0.1) is 11.8 Å². The van der Waals surface area contributed by atoms with Gasteiger partial charge in [-0.1, -0.05) is 6.92 Å². The lowest BCUT2D eigenvalue weighted by Gasteiger charge is -2.24. The molecule has 0 heterocycles. The van der Waals surface area contributed by atoms with Gasteiger partial charge in [0.15, 0.2) is 5.78 Å². The minimum atomic E-state index is -0.422. The van der Waals surface area contributed by atoms with Crippen LogP contribution in [0.3, 0.4) is 0 Å². The van der Waals surface area contributed by atoms with Crippen molar-refractivity contribution in [3.63, 3.8) is 0 Å². The zero-order valence-electron chi connectivity index (χ0n) is 11.8. The molecule has 1 fully saturated rings. The molecule has 1 aliphatic rings. The number of rotatable bonds is 3. The SMILES string of the molecule is CC1CCC(=O)C(C(=O)c2ccc(N(C)C)cc2)C1. The van der Waals surface area contributed by atoms with E-state index >= 15 is 0 Å². The first-order valence-corrected chi connectivity index (χ1v) is 6.83. The molecule has 2 unspecified atom stereocenters. The Morgan fingerprint density at radius 1 is 1.21 bits per heavy atom. The average Bonchev–Trinajstić information content (AvgIpc) is 2.41. The van der Waals surface area contributed by atoms with Gasteiger partial charge < -0.3 is 4.90 Å². The molecule has 0 spiro atoms. The summed E-state index contributed by atoms with van der Waals surface area (Å²) < 4.78 is 0. The summed E-state index contributed by atoms with van der Waals surface area (Å²) in [7, 11) is 3.92. The fourth-order valence-electron chi connectivity index (χ4n) is 2.59. The number of benzene rings is 1. The molecule has 0 aromatic heterocycles. The van der Waals surface area contributed by atoms with E-state index in [2.05, 4.69) is 6.92 Å². The largest absolute Gasteiger partial charge is 0.378 e. The van der Waals surface area contributed by atoms with Gasteiger partial charge in [-0.15, -0.1) is 0 Å². The molecule has 0 N–H and O–H groups in total. The normalized spacial score (nSPS) is 23.2. The fourth-order valence-corrected chi connectivity index (χ4v) is 2.59. The number of carbonyl (C=O) groups is 2. The minimum absolute atomic E-state index is 0.0122. The van der Waals surface area contributed by atoms with Crippen molar-refractivity contribution in [2.75, 3.05) is 19.0 Å². The van der Waals surface area contributed by atoms with Crippen molar-refractivity contribution in [3.05, 3.63) is 29.8 Å². The number of ketones is 2. The highest BCUT2D eigenvalue weighted by Gasteiger charge is 2.32. The highest BCUT2D eigenvalue weighted by molar-refractivity contribution is 6.11. The van der Waals surface area contributed by atoms with Crippen LogP contribution >= 0.6 is 0 Å². The molecule has 1 aromatic rings. The van der Waals surface area contributed by atoms with Crippen molar-refractivity contribution in [1.29, 1.82) is 0 Å². The van der Waals surface area contributed by atoms with Gasteiger partial charge in [-0.3, -0.25) is 9.59 Å². The van der Waals surface area contributed by atoms with Crippen molar-refractivity contribution in [2.24, 2.45) is 11.8 Å². The lowest BCUT2D eigenvalue weighted by Crippen LogP contribution is -2.30. The molecule has 0 aliphatic heterocycles. The Labute approximate surface area is 114 Å². The van der Waals surface area contributed by atoms with Gasteiger partial charge in [0.05, 0.1) is 5.92 Å². The van der Waals surface area contributed by atoms with Crippen molar-refractivity contribution in [2.45, 2.75) is 26.2 Å². The molecule has 0 saturated heterocycles. The summed E-state index contributed by atoms with van der Waals surface area (Å²) in [6, 6.07) is 7.49. The molecule has 1 aromatic carbocycles. The third kappa shape index (κ3) is 3.03. The molecule has 3 heteroatoms.